The van der Waals surface area contributed by atoms with Gasteiger partial charge in [0.15, 0.2) is 0 Å². The molecule has 2 amide bonds. The van der Waals surface area contributed by atoms with Gasteiger partial charge in [-0.1, -0.05) is 6.42 Å². The van der Waals surface area contributed by atoms with Gasteiger partial charge in [-0.2, -0.15) is 0 Å². The highest BCUT2D eigenvalue weighted by molar-refractivity contribution is 6.35. The summed E-state index contributed by atoms with van der Waals surface area (Å²) in [6, 6.07) is 0. The van der Waals surface area contributed by atoms with Gasteiger partial charge in [-0.3, -0.25) is 19.2 Å². The first-order valence-electron chi connectivity index (χ1n) is 5.06. The topological polar surface area (TPSA) is 106 Å². The number of nitrogens with one attached hydrogen (secondary N) is 1. The van der Waals surface area contributed by atoms with Gasteiger partial charge in [0.2, 0.25) is 11.6 Å². The molecular weight excluding hydrogens is 212 g/mol. The van der Waals surface area contributed by atoms with Crippen molar-refractivity contribution in [2.24, 2.45) is 5.73 Å². The summed E-state index contributed by atoms with van der Waals surface area (Å²) in [5, 5.41) is 2.43. The molecule has 0 heterocycles. The monoisotopic (exact) mass is 228 g/mol. The second kappa shape index (κ2) is 7.56. The zero-order valence-electron chi connectivity index (χ0n) is 9.25. The van der Waals surface area contributed by atoms with Crippen LogP contribution in [0.4, 0.5) is 0 Å². The molecule has 0 aromatic heterocycles. The zero-order valence-corrected chi connectivity index (χ0v) is 9.25. The van der Waals surface area contributed by atoms with Gasteiger partial charge in [0.25, 0.3) is 11.8 Å². The van der Waals surface area contributed by atoms with Gasteiger partial charge in [-0.15, -0.1) is 0 Å². The molecule has 0 bridgehead atoms. The van der Waals surface area contributed by atoms with E-state index in [-0.39, 0.29) is 6.42 Å². The number of carbonyl (C=O) groups is 4. The van der Waals surface area contributed by atoms with Crippen LogP contribution in [-0.2, 0) is 19.2 Å². The fourth-order valence-electron chi connectivity index (χ4n) is 1.04. The van der Waals surface area contributed by atoms with Crippen LogP contribution in [0.15, 0.2) is 0 Å². The number of unbranched alkanes of at least 4 members (excludes halogenated alkanes) is 2. The molecule has 0 atom stereocenters. The average molecular weight is 228 g/mol. The van der Waals surface area contributed by atoms with Crippen molar-refractivity contribution < 1.29 is 19.2 Å². The van der Waals surface area contributed by atoms with Crippen molar-refractivity contribution in [1.82, 2.24) is 5.32 Å². The smallest absolute Gasteiger partial charge is 0.287 e. The Morgan fingerprint density at radius 1 is 1.06 bits per heavy atom. The highest BCUT2D eigenvalue weighted by atomic mass is 16.2. The van der Waals surface area contributed by atoms with Crippen LogP contribution in [0.25, 0.3) is 0 Å². The molecule has 0 aliphatic carbocycles. The quantitative estimate of drug-likeness (QED) is 0.423. The molecule has 0 unspecified atom stereocenters. The molecule has 0 spiro atoms. The van der Waals surface area contributed by atoms with Gasteiger partial charge in [-0.25, -0.2) is 0 Å². The van der Waals surface area contributed by atoms with Crippen molar-refractivity contribution >= 4 is 23.4 Å². The number of primary amides is 1. The van der Waals surface area contributed by atoms with E-state index >= 15 is 0 Å². The maximum Gasteiger partial charge on any atom is 0.287 e. The molecule has 90 valence electrons. The lowest BCUT2D eigenvalue weighted by Gasteiger charge is -2.01. The second-order valence-electron chi connectivity index (χ2n) is 3.41. The lowest BCUT2D eigenvalue weighted by atomic mass is 10.1. The molecular formula is C10H16N2O4. The zero-order chi connectivity index (χ0) is 12.6. The number of carbonyl (C=O) groups excluding carboxylic acids is 4. The van der Waals surface area contributed by atoms with Gasteiger partial charge in [0.1, 0.15) is 0 Å². The molecule has 16 heavy (non-hydrogen) atoms. The van der Waals surface area contributed by atoms with Crippen LogP contribution in [0.5, 0.6) is 0 Å². The highest BCUT2D eigenvalue weighted by Crippen LogP contribution is 1.99. The molecule has 6 heteroatoms. The van der Waals surface area contributed by atoms with Crippen molar-refractivity contribution in [2.75, 3.05) is 6.54 Å². The SMILES string of the molecule is CC(=O)C(=O)NCCCCCC(=O)C(N)=O. The third kappa shape index (κ3) is 6.69. The Kier molecular flexibility index (Phi) is 6.74. The maximum atomic E-state index is 10.8. The van der Waals surface area contributed by atoms with E-state index in [1.54, 1.807) is 0 Å². The first-order valence-corrected chi connectivity index (χ1v) is 5.06. The Balaban J connectivity index is 3.41. The summed E-state index contributed by atoms with van der Waals surface area (Å²) in [6.07, 6.45) is 2.04. The van der Waals surface area contributed by atoms with Crippen LogP contribution in [0.3, 0.4) is 0 Å². The van der Waals surface area contributed by atoms with Crippen molar-refractivity contribution in [3.05, 3.63) is 0 Å². The number of ketones is 2. The minimum atomic E-state index is -0.912. The molecule has 0 rings (SSSR count). The van der Waals surface area contributed by atoms with Crippen LogP contribution in [-0.4, -0.2) is 29.9 Å². The molecule has 0 fully saturated rings. The van der Waals surface area contributed by atoms with Crippen molar-refractivity contribution in [3.8, 4) is 0 Å². The van der Waals surface area contributed by atoms with E-state index in [9.17, 15) is 19.2 Å². The normalized spacial score (nSPS) is 9.56. The van der Waals surface area contributed by atoms with E-state index in [1.807, 2.05) is 0 Å². The standard InChI is InChI=1S/C10H16N2O4/c1-7(13)10(16)12-6-4-2-3-5-8(14)9(11)15/h2-6H2,1H3,(H2,11,15)(H,12,16). The summed E-state index contributed by atoms with van der Waals surface area (Å²) in [5.74, 6) is -2.62. The van der Waals surface area contributed by atoms with Crippen LogP contribution in [0.2, 0.25) is 0 Å². The summed E-state index contributed by atoms with van der Waals surface area (Å²) < 4.78 is 0. The van der Waals surface area contributed by atoms with Gasteiger partial charge in [0, 0.05) is 19.9 Å². The lowest BCUT2D eigenvalue weighted by molar-refractivity contribution is -0.136. The van der Waals surface area contributed by atoms with Crippen LogP contribution >= 0.6 is 0 Å². The maximum absolute atomic E-state index is 10.8. The Morgan fingerprint density at radius 2 is 1.69 bits per heavy atom. The summed E-state index contributed by atoms with van der Waals surface area (Å²) >= 11 is 0. The molecule has 0 radical (unpaired) electrons. The van der Waals surface area contributed by atoms with E-state index in [4.69, 9.17) is 5.73 Å². The van der Waals surface area contributed by atoms with Crippen molar-refractivity contribution in [1.29, 1.82) is 0 Å². The second-order valence-corrected chi connectivity index (χ2v) is 3.41. The molecule has 0 aliphatic rings. The molecule has 0 saturated carbocycles. The summed E-state index contributed by atoms with van der Waals surface area (Å²) in [6.45, 7) is 1.59. The molecule has 0 aliphatic heterocycles. The number of amides is 2. The predicted molar refractivity (Wildman–Crippen MR) is 56.4 cm³/mol. The minimum absolute atomic E-state index is 0.135. The first kappa shape index (κ1) is 14.3. The number of hydrogen-bond donors (Lipinski definition) is 2. The van der Waals surface area contributed by atoms with Crippen molar-refractivity contribution in [3.63, 3.8) is 0 Å². The molecule has 0 aromatic rings. The number of hydrogen-bond acceptors (Lipinski definition) is 4. The Morgan fingerprint density at radius 3 is 2.19 bits per heavy atom. The first-order chi connectivity index (χ1) is 7.45. The van der Waals surface area contributed by atoms with Crippen LogP contribution in [0, 0.1) is 0 Å². The van der Waals surface area contributed by atoms with Crippen LogP contribution in [0.1, 0.15) is 32.6 Å². The molecule has 0 aromatic carbocycles. The number of nitrogens with two attached hydrogens (primary N) is 1. The van der Waals surface area contributed by atoms with Gasteiger partial charge in [0.05, 0.1) is 0 Å². The lowest BCUT2D eigenvalue weighted by Crippen LogP contribution is -2.29. The van der Waals surface area contributed by atoms with E-state index in [2.05, 4.69) is 5.32 Å². The fraction of sp³-hybridized carbons (Fsp3) is 0.600. The Labute approximate surface area is 93.6 Å². The van der Waals surface area contributed by atoms with Gasteiger partial charge >= 0.3 is 0 Å². The average Bonchev–Trinajstić information content (AvgIpc) is 2.21. The highest BCUT2D eigenvalue weighted by Gasteiger charge is 2.08. The number of rotatable bonds is 8. The Bertz CT molecular complexity index is 269. The summed E-state index contributed by atoms with van der Waals surface area (Å²) in [5.41, 5.74) is 4.77. The van der Waals surface area contributed by atoms with Crippen molar-refractivity contribution in [2.45, 2.75) is 32.6 Å². The predicted octanol–water partition coefficient (Wildman–Crippen LogP) is -0.694. The van der Waals surface area contributed by atoms with E-state index in [0.29, 0.717) is 25.8 Å². The minimum Gasteiger partial charge on any atom is -0.363 e. The fourth-order valence-corrected chi connectivity index (χ4v) is 1.04. The van der Waals surface area contributed by atoms with Gasteiger partial charge in [-0.05, 0) is 12.8 Å². The molecule has 6 nitrogen and oxygen atoms in total. The molecule has 0 saturated heterocycles. The van der Waals surface area contributed by atoms with Crippen LogP contribution < -0.4 is 11.1 Å². The summed E-state index contributed by atoms with van der Waals surface area (Å²) in [4.78, 5) is 42.5. The largest absolute Gasteiger partial charge is 0.363 e. The van der Waals surface area contributed by atoms with Gasteiger partial charge < -0.3 is 11.1 Å². The molecule has 3 N–H and O–H groups in total. The van der Waals surface area contributed by atoms with E-state index in [1.165, 1.54) is 6.92 Å². The number of Topliss-reactive ketones (excluding diaryl/α,β-unsaturated/α-hetero) is 2. The Hall–Kier alpha value is -1.72. The third-order valence-electron chi connectivity index (χ3n) is 1.96. The van der Waals surface area contributed by atoms with E-state index < -0.39 is 23.4 Å². The summed E-state index contributed by atoms with van der Waals surface area (Å²) in [7, 11) is 0. The third-order valence-corrected chi connectivity index (χ3v) is 1.96. The van der Waals surface area contributed by atoms with E-state index in [0.717, 1.165) is 0 Å².